The molecule has 17 heavy (non-hydrogen) atoms. The van der Waals surface area contributed by atoms with Gasteiger partial charge in [0.2, 0.25) is 0 Å². The first-order valence-corrected chi connectivity index (χ1v) is 7.97. The largest absolute Gasteiger partial charge is 0.316 e. The summed E-state index contributed by atoms with van der Waals surface area (Å²) in [6.07, 6.45) is 11.7. The Morgan fingerprint density at radius 2 is 1.76 bits per heavy atom. The molecule has 0 aromatic rings. The fourth-order valence-electron chi connectivity index (χ4n) is 4.78. The number of rotatable bonds is 7. The molecule has 1 heteroatoms. The lowest BCUT2D eigenvalue weighted by Crippen LogP contribution is -2.42. The molecule has 1 nitrogen and oxygen atoms in total. The molecule has 2 saturated carbocycles. The molecule has 0 amide bonds. The first kappa shape index (κ1) is 13.4. The van der Waals surface area contributed by atoms with Gasteiger partial charge in [0, 0.05) is 6.04 Å². The predicted molar refractivity (Wildman–Crippen MR) is 75.1 cm³/mol. The molecule has 0 radical (unpaired) electrons. The van der Waals surface area contributed by atoms with Crippen LogP contribution in [-0.2, 0) is 0 Å². The molecule has 0 spiro atoms. The van der Waals surface area contributed by atoms with Crippen LogP contribution in [-0.4, -0.2) is 13.1 Å². The highest BCUT2D eigenvalue weighted by atomic mass is 14.9. The molecule has 4 unspecified atom stereocenters. The molecule has 2 rings (SSSR count). The highest BCUT2D eigenvalue weighted by Gasteiger charge is 2.44. The van der Waals surface area contributed by atoms with E-state index in [0.717, 1.165) is 29.7 Å². The number of hydrogen-bond donors (Lipinski definition) is 1. The van der Waals surface area contributed by atoms with Gasteiger partial charge in [-0.25, -0.2) is 0 Å². The number of hydrogen-bond acceptors (Lipinski definition) is 1. The maximum atomic E-state index is 3.70. The van der Waals surface area contributed by atoms with E-state index in [0.29, 0.717) is 0 Å². The van der Waals surface area contributed by atoms with Gasteiger partial charge >= 0.3 is 0 Å². The standard InChI is InChI=1S/C16H31N/c1-4-6-13(7-5-2)16(17-3)15-11-12-8-9-14(15)10-12/h12-17H,4-11H2,1-3H3. The van der Waals surface area contributed by atoms with Crippen molar-refractivity contribution in [3.63, 3.8) is 0 Å². The van der Waals surface area contributed by atoms with Crippen molar-refractivity contribution in [3.8, 4) is 0 Å². The van der Waals surface area contributed by atoms with Crippen LogP contribution in [0, 0.1) is 23.7 Å². The highest BCUT2D eigenvalue weighted by molar-refractivity contribution is 4.96. The van der Waals surface area contributed by atoms with Gasteiger partial charge in [-0.2, -0.15) is 0 Å². The van der Waals surface area contributed by atoms with E-state index in [1.54, 1.807) is 6.42 Å². The topological polar surface area (TPSA) is 12.0 Å². The second-order valence-electron chi connectivity index (χ2n) is 6.49. The van der Waals surface area contributed by atoms with Crippen molar-refractivity contribution in [1.29, 1.82) is 0 Å². The smallest absolute Gasteiger partial charge is 0.0123 e. The summed E-state index contributed by atoms with van der Waals surface area (Å²) in [7, 11) is 2.20. The van der Waals surface area contributed by atoms with Crippen molar-refractivity contribution in [2.24, 2.45) is 23.7 Å². The molecule has 0 aromatic carbocycles. The Kier molecular flexibility index (Phi) is 4.90. The predicted octanol–water partition coefficient (Wildman–Crippen LogP) is 4.23. The van der Waals surface area contributed by atoms with Crippen molar-refractivity contribution in [2.75, 3.05) is 7.05 Å². The summed E-state index contributed by atoms with van der Waals surface area (Å²) < 4.78 is 0. The fourth-order valence-corrected chi connectivity index (χ4v) is 4.78. The monoisotopic (exact) mass is 237 g/mol. The van der Waals surface area contributed by atoms with E-state index >= 15 is 0 Å². The Morgan fingerprint density at radius 1 is 1.06 bits per heavy atom. The molecule has 0 aromatic heterocycles. The Hall–Kier alpha value is -0.0400. The van der Waals surface area contributed by atoms with E-state index in [-0.39, 0.29) is 0 Å². The highest BCUT2D eigenvalue weighted by Crippen LogP contribution is 2.51. The van der Waals surface area contributed by atoms with Crippen LogP contribution in [0.1, 0.15) is 65.2 Å². The van der Waals surface area contributed by atoms with E-state index < -0.39 is 0 Å². The van der Waals surface area contributed by atoms with Gasteiger partial charge in [-0.3, -0.25) is 0 Å². The van der Waals surface area contributed by atoms with Crippen molar-refractivity contribution >= 4 is 0 Å². The SMILES string of the molecule is CCCC(CCC)C(NC)C1CC2CCC1C2. The van der Waals surface area contributed by atoms with E-state index in [2.05, 4.69) is 26.2 Å². The van der Waals surface area contributed by atoms with Gasteiger partial charge in [0.1, 0.15) is 0 Å². The van der Waals surface area contributed by atoms with Crippen LogP contribution in [0.5, 0.6) is 0 Å². The first-order chi connectivity index (χ1) is 8.30. The molecule has 2 aliphatic carbocycles. The summed E-state index contributed by atoms with van der Waals surface area (Å²) in [6.45, 7) is 4.69. The summed E-state index contributed by atoms with van der Waals surface area (Å²) in [5.74, 6) is 4.08. The molecule has 4 atom stereocenters. The zero-order valence-corrected chi connectivity index (χ0v) is 12.0. The molecule has 0 heterocycles. The lowest BCUT2D eigenvalue weighted by Gasteiger charge is -2.36. The van der Waals surface area contributed by atoms with E-state index in [1.807, 2.05) is 0 Å². The minimum atomic E-state index is 0.810. The van der Waals surface area contributed by atoms with E-state index in [4.69, 9.17) is 0 Å². The van der Waals surface area contributed by atoms with Crippen molar-refractivity contribution in [2.45, 2.75) is 71.3 Å². The summed E-state index contributed by atoms with van der Waals surface area (Å²) in [6, 6.07) is 0.810. The molecule has 1 N–H and O–H groups in total. The van der Waals surface area contributed by atoms with Gasteiger partial charge in [0.05, 0.1) is 0 Å². The molecule has 0 aliphatic heterocycles. The van der Waals surface area contributed by atoms with Crippen LogP contribution in [0.25, 0.3) is 0 Å². The lowest BCUT2D eigenvalue weighted by molar-refractivity contribution is 0.183. The van der Waals surface area contributed by atoms with Crippen LogP contribution in [0.15, 0.2) is 0 Å². The third kappa shape index (κ3) is 2.86. The summed E-state index contributed by atoms with van der Waals surface area (Å²) in [5.41, 5.74) is 0. The molecular weight excluding hydrogens is 206 g/mol. The Labute approximate surface area is 108 Å². The maximum Gasteiger partial charge on any atom is 0.0123 e. The van der Waals surface area contributed by atoms with Crippen LogP contribution >= 0.6 is 0 Å². The third-order valence-corrected chi connectivity index (χ3v) is 5.41. The molecule has 100 valence electrons. The summed E-state index contributed by atoms with van der Waals surface area (Å²) >= 11 is 0. The minimum Gasteiger partial charge on any atom is -0.316 e. The lowest BCUT2D eigenvalue weighted by atomic mass is 9.75. The van der Waals surface area contributed by atoms with Crippen LogP contribution in [0.2, 0.25) is 0 Å². The van der Waals surface area contributed by atoms with E-state index in [9.17, 15) is 0 Å². The van der Waals surface area contributed by atoms with Crippen LogP contribution in [0.3, 0.4) is 0 Å². The third-order valence-electron chi connectivity index (χ3n) is 5.41. The second-order valence-corrected chi connectivity index (χ2v) is 6.49. The molecule has 2 aliphatic rings. The fraction of sp³-hybridized carbons (Fsp3) is 1.00. The minimum absolute atomic E-state index is 0.810. The molecule has 0 saturated heterocycles. The normalized spacial score (nSPS) is 33.5. The van der Waals surface area contributed by atoms with Gasteiger partial charge in [-0.15, -0.1) is 0 Å². The molecule has 2 bridgehead atoms. The average Bonchev–Trinajstić information content (AvgIpc) is 2.93. The quantitative estimate of drug-likeness (QED) is 0.699. The number of nitrogens with one attached hydrogen (secondary N) is 1. The van der Waals surface area contributed by atoms with Crippen LogP contribution in [0.4, 0.5) is 0 Å². The summed E-state index contributed by atoms with van der Waals surface area (Å²) in [5, 5.41) is 3.70. The molecule has 2 fully saturated rings. The van der Waals surface area contributed by atoms with Crippen molar-refractivity contribution in [3.05, 3.63) is 0 Å². The Bertz CT molecular complexity index is 220. The zero-order valence-electron chi connectivity index (χ0n) is 12.0. The Balaban J connectivity index is 1.98. The van der Waals surface area contributed by atoms with Gasteiger partial charge in [-0.1, -0.05) is 33.1 Å². The van der Waals surface area contributed by atoms with E-state index in [1.165, 1.54) is 44.9 Å². The summed E-state index contributed by atoms with van der Waals surface area (Å²) in [4.78, 5) is 0. The van der Waals surface area contributed by atoms with Gasteiger partial charge in [-0.05, 0) is 62.8 Å². The van der Waals surface area contributed by atoms with Gasteiger partial charge in [0.15, 0.2) is 0 Å². The number of fused-ring (bicyclic) bond motifs is 2. The maximum absolute atomic E-state index is 3.70. The van der Waals surface area contributed by atoms with Gasteiger partial charge < -0.3 is 5.32 Å². The average molecular weight is 237 g/mol. The first-order valence-electron chi connectivity index (χ1n) is 7.97. The van der Waals surface area contributed by atoms with Crippen molar-refractivity contribution < 1.29 is 0 Å². The van der Waals surface area contributed by atoms with Crippen LogP contribution < -0.4 is 5.32 Å². The zero-order chi connectivity index (χ0) is 12.3. The van der Waals surface area contributed by atoms with Crippen molar-refractivity contribution in [1.82, 2.24) is 5.32 Å². The van der Waals surface area contributed by atoms with Gasteiger partial charge in [0.25, 0.3) is 0 Å². The second kappa shape index (κ2) is 6.22. The Morgan fingerprint density at radius 3 is 2.18 bits per heavy atom. The molecular formula is C16H31N.